The molecule has 4 heteroatoms. The van der Waals surface area contributed by atoms with E-state index in [1.807, 2.05) is 32.0 Å². The van der Waals surface area contributed by atoms with E-state index in [4.69, 9.17) is 9.47 Å². The molecule has 1 aromatic rings. The van der Waals surface area contributed by atoms with Crippen LogP contribution in [0.5, 0.6) is 11.5 Å². The van der Waals surface area contributed by atoms with Crippen LogP contribution in [0.3, 0.4) is 0 Å². The van der Waals surface area contributed by atoms with E-state index >= 15 is 0 Å². The molecule has 1 heterocycles. The van der Waals surface area contributed by atoms with Crippen molar-refractivity contribution in [3.8, 4) is 11.5 Å². The maximum absolute atomic E-state index is 9.54. The van der Waals surface area contributed by atoms with Gasteiger partial charge in [-0.25, -0.2) is 0 Å². The van der Waals surface area contributed by atoms with Crippen LogP contribution in [0.25, 0.3) is 0 Å². The molecule has 0 bridgehead atoms. The highest BCUT2D eigenvalue weighted by Crippen LogP contribution is 2.34. The smallest absolute Gasteiger partial charge is 0.161 e. The number of likely N-dealkylation sites (N-methyl/N-ethyl adjacent to an activating group) is 1. The quantitative estimate of drug-likeness (QED) is 0.828. The Bertz CT molecular complexity index is 394. The highest BCUT2D eigenvalue weighted by atomic mass is 16.6. The Hall–Kier alpha value is -1.26. The molecule has 1 atom stereocenters. The molecule has 94 valence electrons. The monoisotopic (exact) mass is 237 g/mol. The fourth-order valence-corrected chi connectivity index (χ4v) is 2.03. The van der Waals surface area contributed by atoms with Crippen molar-refractivity contribution in [2.75, 3.05) is 26.4 Å². The third-order valence-corrected chi connectivity index (χ3v) is 3.06. The highest BCUT2D eigenvalue weighted by Gasteiger charge is 2.26. The molecule has 4 nitrogen and oxygen atoms in total. The maximum Gasteiger partial charge on any atom is 0.161 e. The fraction of sp³-hybridized carbons (Fsp3) is 0.538. The molecule has 0 fully saturated rings. The number of hydrogen-bond acceptors (Lipinski definition) is 4. The first-order chi connectivity index (χ1) is 8.19. The summed E-state index contributed by atoms with van der Waals surface area (Å²) in [5.74, 6) is 1.53. The molecule has 1 aliphatic rings. The first-order valence-corrected chi connectivity index (χ1v) is 5.95. The molecule has 0 aliphatic carbocycles. The molecule has 2 N–H and O–H groups in total. The molecule has 0 spiro atoms. The average molecular weight is 237 g/mol. The zero-order valence-corrected chi connectivity index (χ0v) is 10.3. The van der Waals surface area contributed by atoms with Crippen LogP contribution < -0.4 is 14.8 Å². The second kappa shape index (κ2) is 4.94. The Kier molecular flexibility index (Phi) is 3.54. The number of hydrogen-bond donors (Lipinski definition) is 2. The van der Waals surface area contributed by atoms with Gasteiger partial charge in [0.2, 0.25) is 0 Å². The van der Waals surface area contributed by atoms with Gasteiger partial charge in [-0.05, 0) is 31.2 Å². The minimum atomic E-state index is -0.440. The van der Waals surface area contributed by atoms with E-state index in [-0.39, 0.29) is 6.61 Å². The number of aliphatic hydroxyl groups is 1. The molecule has 0 saturated carbocycles. The van der Waals surface area contributed by atoms with E-state index in [0.717, 1.165) is 23.6 Å². The molecule has 1 aromatic carbocycles. The number of aliphatic hydroxyl groups excluding tert-OH is 1. The summed E-state index contributed by atoms with van der Waals surface area (Å²) in [6.07, 6.45) is 0. The minimum Gasteiger partial charge on any atom is -0.486 e. The van der Waals surface area contributed by atoms with Gasteiger partial charge in [0.15, 0.2) is 11.5 Å². The largest absolute Gasteiger partial charge is 0.486 e. The van der Waals surface area contributed by atoms with Gasteiger partial charge in [0, 0.05) is 0 Å². The zero-order valence-electron chi connectivity index (χ0n) is 10.3. The molecular weight excluding hydrogens is 218 g/mol. The van der Waals surface area contributed by atoms with Gasteiger partial charge in [0.1, 0.15) is 13.2 Å². The predicted molar refractivity (Wildman–Crippen MR) is 65.5 cm³/mol. The number of ether oxygens (including phenoxy) is 2. The van der Waals surface area contributed by atoms with Crippen molar-refractivity contribution in [2.45, 2.75) is 19.4 Å². The molecular formula is C13H19NO3. The summed E-state index contributed by atoms with van der Waals surface area (Å²) < 4.78 is 11.0. The zero-order chi connectivity index (χ0) is 12.3. The summed E-state index contributed by atoms with van der Waals surface area (Å²) in [5.41, 5.74) is 0.566. The van der Waals surface area contributed by atoms with Gasteiger partial charge in [0.05, 0.1) is 12.1 Å². The van der Waals surface area contributed by atoms with Crippen LogP contribution in [0.1, 0.15) is 19.4 Å². The van der Waals surface area contributed by atoms with Crippen molar-refractivity contribution in [2.24, 2.45) is 0 Å². The minimum absolute atomic E-state index is 0.0421. The third kappa shape index (κ3) is 2.37. The van der Waals surface area contributed by atoms with Crippen molar-refractivity contribution < 1.29 is 14.6 Å². The van der Waals surface area contributed by atoms with Crippen molar-refractivity contribution in [1.82, 2.24) is 5.32 Å². The lowest BCUT2D eigenvalue weighted by atomic mass is 9.92. The van der Waals surface area contributed by atoms with Gasteiger partial charge < -0.3 is 19.9 Å². The lowest BCUT2D eigenvalue weighted by Crippen LogP contribution is -2.42. The van der Waals surface area contributed by atoms with E-state index < -0.39 is 5.54 Å². The van der Waals surface area contributed by atoms with Gasteiger partial charge in [-0.3, -0.25) is 0 Å². The number of benzene rings is 1. The molecule has 0 amide bonds. The van der Waals surface area contributed by atoms with Gasteiger partial charge >= 0.3 is 0 Å². The molecule has 0 radical (unpaired) electrons. The SMILES string of the molecule is CCNC(C)(CO)c1ccc2c(c1)OCCO2. The fourth-order valence-electron chi connectivity index (χ4n) is 2.03. The third-order valence-electron chi connectivity index (χ3n) is 3.06. The normalized spacial score (nSPS) is 17.6. The summed E-state index contributed by atoms with van der Waals surface area (Å²) in [5, 5.41) is 12.8. The Morgan fingerprint density at radius 2 is 2.00 bits per heavy atom. The summed E-state index contributed by atoms with van der Waals surface area (Å²) >= 11 is 0. The topological polar surface area (TPSA) is 50.7 Å². The van der Waals surface area contributed by atoms with Crippen molar-refractivity contribution in [3.05, 3.63) is 23.8 Å². The van der Waals surface area contributed by atoms with Crippen LogP contribution in [0.2, 0.25) is 0 Å². The lowest BCUT2D eigenvalue weighted by molar-refractivity contribution is 0.165. The van der Waals surface area contributed by atoms with E-state index in [9.17, 15) is 5.11 Å². The van der Waals surface area contributed by atoms with Gasteiger partial charge in [0.25, 0.3) is 0 Å². The predicted octanol–water partition coefficient (Wildman–Crippen LogP) is 1.27. The van der Waals surface area contributed by atoms with Crippen LogP contribution in [-0.4, -0.2) is 31.5 Å². The second-order valence-electron chi connectivity index (χ2n) is 4.38. The van der Waals surface area contributed by atoms with Crippen LogP contribution in [0.4, 0.5) is 0 Å². The molecule has 0 saturated heterocycles. The number of rotatable bonds is 4. The summed E-state index contributed by atoms with van der Waals surface area (Å²) in [4.78, 5) is 0. The van der Waals surface area contributed by atoms with Crippen LogP contribution in [0.15, 0.2) is 18.2 Å². The Morgan fingerprint density at radius 1 is 1.29 bits per heavy atom. The van der Waals surface area contributed by atoms with Gasteiger partial charge in [-0.2, -0.15) is 0 Å². The standard InChI is InChI=1S/C13H19NO3/c1-3-14-13(2,9-15)10-4-5-11-12(8-10)17-7-6-16-11/h4-5,8,14-15H,3,6-7,9H2,1-2H3. The van der Waals surface area contributed by atoms with E-state index in [0.29, 0.717) is 13.2 Å². The summed E-state index contributed by atoms with van der Waals surface area (Å²) in [6, 6.07) is 5.80. The molecule has 0 aromatic heterocycles. The van der Waals surface area contributed by atoms with E-state index in [2.05, 4.69) is 5.32 Å². The maximum atomic E-state index is 9.54. The summed E-state index contributed by atoms with van der Waals surface area (Å²) in [7, 11) is 0. The second-order valence-corrected chi connectivity index (χ2v) is 4.38. The first-order valence-electron chi connectivity index (χ1n) is 5.95. The Labute approximate surface area is 102 Å². The highest BCUT2D eigenvalue weighted by molar-refractivity contribution is 5.45. The first kappa shape index (κ1) is 12.2. The van der Waals surface area contributed by atoms with E-state index in [1.165, 1.54) is 0 Å². The van der Waals surface area contributed by atoms with Gasteiger partial charge in [-0.15, -0.1) is 0 Å². The van der Waals surface area contributed by atoms with Crippen molar-refractivity contribution in [3.63, 3.8) is 0 Å². The van der Waals surface area contributed by atoms with Crippen LogP contribution in [0, 0.1) is 0 Å². The van der Waals surface area contributed by atoms with Crippen LogP contribution in [-0.2, 0) is 5.54 Å². The molecule has 1 aliphatic heterocycles. The number of fused-ring (bicyclic) bond motifs is 1. The number of nitrogens with one attached hydrogen (secondary N) is 1. The average Bonchev–Trinajstić information content (AvgIpc) is 2.38. The summed E-state index contributed by atoms with van der Waals surface area (Å²) in [6.45, 7) is 6.00. The van der Waals surface area contributed by atoms with Crippen molar-refractivity contribution >= 4 is 0 Å². The Morgan fingerprint density at radius 3 is 2.65 bits per heavy atom. The molecule has 1 unspecified atom stereocenters. The Balaban J connectivity index is 2.32. The lowest BCUT2D eigenvalue weighted by Gasteiger charge is -2.30. The molecule has 17 heavy (non-hydrogen) atoms. The van der Waals surface area contributed by atoms with Crippen LogP contribution >= 0.6 is 0 Å². The van der Waals surface area contributed by atoms with Crippen molar-refractivity contribution in [1.29, 1.82) is 0 Å². The van der Waals surface area contributed by atoms with E-state index in [1.54, 1.807) is 0 Å². The molecule has 2 rings (SSSR count). The van der Waals surface area contributed by atoms with Gasteiger partial charge in [-0.1, -0.05) is 13.0 Å².